The van der Waals surface area contributed by atoms with Gasteiger partial charge in [0.25, 0.3) is 0 Å². The van der Waals surface area contributed by atoms with Gasteiger partial charge in [0.2, 0.25) is 0 Å². The average molecular weight is 859 g/mol. The Morgan fingerprint density at radius 2 is 0.791 bits per heavy atom. The molecule has 0 atom stereocenters. The maximum Gasteiger partial charge on any atom is 0.0720 e. The van der Waals surface area contributed by atoms with E-state index in [2.05, 4.69) is 268 Å². The number of para-hydroxylation sites is 2. The third-order valence-corrected chi connectivity index (χ3v) is 14.2. The fourth-order valence-corrected chi connectivity index (χ4v) is 11.3. The molecule has 0 saturated heterocycles. The van der Waals surface area contributed by atoms with Gasteiger partial charge in [0.15, 0.2) is 0 Å². The van der Waals surface area contributed by atoms with Gasteiger partial charge in [-0.2, -0.15) is 0 Å². The molecule has 0 saturated carbocycles. The van der Waals surface area contributed by atoms with E-state index in [1.807, 2.05) is 0 Å². The molecule has 12 rings (SSSR count). The Labute approximate surface area is 393 Å². The van der Waals surface area contributed by atoms with Crippen LogP contribution in [-0.2, 0) is 5.41 Å². The summed E-state index contributed by atoms with van der Waals surface area (Å²) in [5.41, 5.74) is 18.8. The molecular formula is C65H50N2. The van der Waals surface area contributed by atoms with E-state index in [9.17, 15) is 0 Å². The van der Waals surface area contributed by atoms with Gasteiger partial charge in [-0.15, -0.1) is 0 Å². The number of hydrogen-bond donors (Lipinski definition) is 0. The minimum absolute atomic E-state index is 0.701. The monoisotopic (exact) mass is 858 g/mol. The highest BCUT2D eigenvalue weighted by Crippen LogP contribution is 2.63. The van der Waals surface area contributed by atoms with Crippen LogP contribution in [0.1, 0.15) is 44.5 Å². The van der Waals surface area contributed by atoms with E-state index in [0.717, 1.165) is 34.1 Å². The Morgan fingerprint density at radius 1 is 0.299 bits per heavy atom. The van der Waals surface area contributed by atoms with Gasteiger partial charge in [0, 0.05) is 33.8 Å². The fourth-order valence-electron chi connectivity index (χ4n) is 11.3. The molecular weight excluding hydrogens is 809 g/mol. The number of rotatable bonds is 8. The van der Waals surface area contributed by atoms with Crippen LogP contribution in [0.25, 0.3) is 43.4 Å². The number of nitrogens with zero attached hydrogens (tertiary/aromatic N) is 2. The van der Waals surface area contributed by atoms with Crippen molar-refractivity contribution in [3.63, 3.8) is 0 Å². The third-order valence-electron chi connectivity index (χ3n) is 14.2. The molecule has 0 fully saturated rings. The van der Waals surface area contributed by atoms with E-state index in [1.54, 1.807) is 0 Å². The molecule has 2 heteroatoms. The lowest BCUT2D eigenvalue weighted by Crippen LogP contribution is -2.29. The van der Waals surface area contributed by atoms with Crippen LogP contribution in [-0.4, -0.2) is 0 Å². The Balaban J connectivity index is 1.25. The summed E-state index contributed by atoms with van der Waals surface area (Å²) >= 11 is 0. The first kappa shape index (κ1) is 40.3. The van der Waals surface area contributed by atoms with E-state index >= 15 is 0 Å². The van der Waals surface area contributed by atoms with Crippen LogP contribution in [0.15, 0.2) is 231 Å². The molecule has 0 aromatic heterocycles. The van der Waals surface area contributed by atoms with Crippen LogP contribution >= 0.6 is 0 Å². The summed E-state index contributed by atoms with van der Waals surface area (Å²) in [6, 6.07) is 86.0. The zero-order chi connectivity index (χ0) is 45.2. The number of benzene rings is 11. The molecule has 0 bridgehead atoms. The van der Waals surface area contributed by atoms with Crippen molar-refractivity contribution in [1.29, 1.82) is 0 Å². The van der Waals surface area contributed by atoms with Crippen molar-refractivity contribution in [1.82, 2.24) is 0 Å². The van der Waals surface area contributed by atoms with Gasteiger partial charge in [-0.3, -0.25) is 0 Å². The summed E-state index contributed by atoms with van der Waals surface area (Å²) in [6.07, 6.45) is 0. The lowest BCUT2D eigenvalue weighted by atomic mass is 9.66. The van der Waals surface area contributed by atoms with Crippen molar-refractivity contribution in [3.8, 4) is 11.1 Å². The predicted octanol–water partition coefficient (Wildman–Crippen LogP) is 17.7. The number of aryl methyl sites for hydroxylation is 4. The van der Waals surface area contributed by atoms with E-state index in [4.69, 9.17) is 0 Å². The first-order chi connectivity index (χ1) is 32.9. The molecule has 0 heterocycles. The molecule has 0 radical (unpaired) electrons. The maximum atomic E-state index is 2.55. The van der Waals surface area contributed by atoms with Crippen molar-refractivity contribution in [2.45, 2.75) is 33.1 Å². The Hall–Kier alpha value is -8.20. The molecule has 0 unspecified atom stereocenters. The second kappa shape index (κ2) is 16.0. The van der Waals surface area contributed by atoms with Crippen LogP contribution in [0.3, 0.4) is 0 Å². The predicted molar refractivity (Wildman–Crippen MR) is 285 cm³/mol. The molecule has 11 aromatic rings. The second-order valence-corrected chi connectivity index (χ2v) is 18.3. The third kappa shape index (κ3) is 6.39. The number of anilines is 6. The molecule has 1 aliphatic carbocycles. The summed E-state index contributed by atoms with van der Waals surface area (Å²) in [7, 11) is 0. The molecule has 0 aliphatic heterocycles. The molecule has 11 aromatic carbocycles. The van der Waals surface area contributed by atoms with Gasteiger partial charge in [0.1, 0.15) is 0 Å². The summed E-state index contributed by atoms with van der Waals surface area (Å²) < 4.78 is 0. The number of hydrogen-bond acceptors (Lipinski definition) is 2. The maximum absolute atomic E-state index is 2.55. The van der Waals surface area contributed by atoms with Gasteiger partial charge in [-0.25, -0.2) is 0 Å². The number of fused-ring (bicyclic) bond motifs is 10. The summed E-state index contributed by atoms with van der Waals surface area (Å²) in [6.45, 7) is 8.80. The van der Waals surface area contributed by atoms with Crippen molar-refractivity contribution in [2.24, 2.45) is 0 Å². The molecule has 0 spiro atoms. The lowest BCUT2D eigenvalue weighted by Gasteiger charge is -2.36. The Kier molecular flexibility index (Phi) is 9.66. The van der Waals surface area contributed by atoms with Crippen molar-refractivity contribution in [3.05, 3.63) is 275 Å². The Morgan fingerprint density at radius 3 is 1.39 bits per heavy atom. The van der Waals surface area contributed by atoms with Gasteiger partial charge >= 0.3 is 0 Å². The molecule has 0 amide bonds. The zero-order valence-electron chi connectivity index (χ0n) is 38.3. The first-order valence-electron chi connectivity index (χ1n) is 23.4. The normalized spacial score (nSPS) is 12.6. The zero-order valence-corrected chi connectivity index (χ0v) is 38.3. The summed E-state index contributed by atoms with van der Waals surface area (Å²) in [5.74, 6) is 0. The minimum Gasteiger partial charge on any atom is -0.310 e. The van der Waals surface area contributed by atoms with Crippen LogP contribution < -0.4 is 9.80 Å². The molecule has 2 nitrogen and oxygen atoms in total. The first-order valence-corrected chi connectivity index (χ1v) is 23.4. The van der Waals surface area contributed by atoms with Gasteiger partial charge in [-0.05, 0) is 177 Å². The summed E-state index contributed by atoms with van der Waals surface area (Å²) in [5, 5.41) is 7.41. The average Bonchev–Trinajstić information content (AvgIpc) is 3.68. The van der Waals surface area contributed by atoms with Crippen LogP contribution in [0.2, 0.25) is 0 Å². The lowest BCUT2D eigenvalue weighted by molar-refractivity contribution is 0.776. The van der Waals surface area contributed by atoms with E-state index in [-0.39, 0.29) is 0 Å². The van der Waals surface area contributed by atoms with E-state index < -0.39 is 5.41 Å². The van der Waals surface area contributed by atoms with Crippen LogP contribution in [0.4, 0.5) is 34.1 Å². The Bertz CT molecular complexity index is 3610. The molecule has 0 N–H and O–H groups in total. The molecule has 67 heavy (non-hydrogen) atoms. The van der Waals surface area contributed by atoms with Gasteiger partial charge in [-0.1, -0.05) is 164 Å². The van der Waals surface area contributed by atoms with Gasteiger partial charge < -0.3 is 9.80 Å². The van der Waals surface area contributed by atoms with Crippen LogP contribution in [0.5, 0.6) is 0 Å². The standard InChI is InChI=1S/C65H50N2/c1-43-37-44(2)39-53(38-43)67(50-27-15-8-16-28-50)61-42-60-62(57-32-20-18-30-55(57)61)63-56-31-19-17-29-54(56)59-41-52(66(49-25-13-7-14-26-49)51-34-33-45(3)46(4)40-51)35-36-58(59)64(63)65(60,47-21-9-5-10-22-47)48-23-11-6-12-24-48/h5-42H,1-4H3. The highest BCUT2D eigenvalue weighted by molar-refractivity contribution is 6.24. The largest absolute Gasteiger partial charge is 0.310 e. The van der Waals surface area contributed by atoms with Crippen molar-refractivity contribution < 1.29 is 0 Å². The molecule has 1 aliphatic rings. The van der Waals surface area contributed by atoms with E-state index in [0.29, 0.717) is 0 Å². The quantitative estimate of drug-likeness (QED) is 0.141. The van der Waals surface area contributed by atoms with Crippen LogP contribution in [0, 0.1) is 27.7 Å². The van der Waals surface area contributed by atoms with E-state index in [1.165, 1.54) is 88.0 Å². The molecule has 320 valence electrons. The highest BCUT2D eigenvalue weighted by Gasteiger charge is 2.49. The summed E-state index contributed by atoms with van der Waals surface area (Å²) in [4.78, 5) is 4.90. The highest BCUT2D eigenvalue weighted by atomic mass is 15.1. The fraction of sp³-hybridized carbons (Fsp3) is 0.0769. The SMILES string of the molecule is Cc1cc(C)cc(N(c2ccccc2)c2cc3c(c4ccccc24)-c2c(c4ccc(N(c5ccccc5)c5ccc(C)c(C)c5)cc4c4ccccc24)C3(c2ccccc2)c2ccccc2)c1. The van der Waals surface area contributed by atoms with Gasteiger partial charge in [0.05, 0.1) is 11.1 Å². The smallest absolute Gasteiger partial charge is 0.0720 e. The second-order valence-electron chi connectivity index (χ2n) is 18.3. The van der Waals surface area contributed by atoms with Crippen molar-refractivity contribution in [2.75, 3.05) is 9.80 Å². The minimum atomic E-state index is -0.701. The topological polar surface area (TPSA) is 6.48 Å². The van der Waals surface area contributed by atoms with Crippen molar-refractivity contribution >= 4 is 66.4 Å².